The molecule has 0 spiro atoms. The van der Waals surface area contributed by atoms with Crippen LogP contribution in [-0.2, 0) is 25.6 Å². The molecular formula is C18H26N4O7S2. The van der Waals surface area contributed by atoms with E-state index in [4.69, 9.17) is 5.73 Å². The van der Waals surface area contributed by atoms with E-state index < -0.39 is 54.5 Å². The molecule has 0 heterocycles. The number of carbonyl (C=O) groups is 4. The Morgan fingerprint density at radius 2 is 1.39 bits per heavy atom. The Labute approximate surface area is 189 Å². The maximum Gasteiger partial charge on any atom is 0.326 e. The van der Waals surface area contributed by atoms with Crippen molar-refractivity contribution in [2.45, 2.75) is 30.6 Å². The summed E-state index contributed by atoms with van der Waals surface area (Å²) in [6.07, 6.45) is -0.0640. The summed E-state index contributed by atoms with van der Waals surface area (Å²) in [5.74, 6) is -3.84. The zero-order valence-electron chi connectivity index (χ0n) is 16.4. The normalized spacial score (nSPS) is 14.6. The predicted octanol–water partition coefficient (Wildman–Crippen LogP) is -2.35. The number of thiol groups is 2. The molecule has 4 atom stereocenters. The number of carboxylic acid groups (broad SMARTS) is 1. The predicted molar refractivity (Wildman–Crippen MR) is 118 cm³/mol. The van der Waals surface area contributed by atoms with E-state index in [1.165, 1.54) is 24.3 Å². The maximum absolute atomic E-state index is 12.5. The van der Waals surface area contributed by atoms with E-state index in [0.717, 1.165) is 0 Å². The SMILES string of the molecule is NC(CS)C(=O)NC(CO)C(=O)NC(CS)C(=O)NC(Cc1ccc(O)cc1)C(=O)O. The summed E-state index contributed by atoms with van der Waals surface area (Å²) in [4.78, 5) is 48.2. The molecule has 4 unspecified atom stereocenters. The van der Waals surface area contributed by atoms with Crippen molar-refractivity contribution < 1.29 is 34.5 Å². The molecule has 0 saturated heterocycles. The third-order valence-electron chi connectivity index (χ3n) is 4.16. The number of carbonyl (C=O) groups excluding carboxylic acids is 3. The third-order valence-corrected chi connectivity index (χ3v) is 4.91. The van der Waals surface area contributed by atoms with Crippen molar-refractivity contribution in [3.63, 3.8) is 0 Å². The molecule has 0 radical (unpaired) electrons. The Morgan fingerprint density at radius 3 is 1.87 bits per heavy atom. The molecule has 0 aliphatic rings. The Balaban J connectivity index is 2.78. The Hall–Kier alpha value is -2.48. The highest BCUT2D eigenvalue weighted by atomic mass is 32.1. The van der Waals surface area contributed by atoms with Gasteiger partial charge in [0.25, 0.3) is 0 Å². The number of hydrogen-bond acceptors (Lipinski definition) is 9. The van der Waals surface area contributed by atoms with Crippen LogP contribution >= 0.6 is 25.3 Å². The molecule has 172 valence electrons. The molecule has 11 nitrogen and oxygen atoms in total. The number of aromatic hydroxyl groups is 1. The van der Waals surface area contributed by atoms with Crippen molar-refractivity contribution in [3.8, 4) is 5.75 Å². The average molecular weight is 475 g/mol. The van der Waals surface area contributed by atoms with Crippen molar-refractivity contribution in [1.29, 1.82) is 0 Å². The molecule has 1 aromatic carbocycles. The second kappa shape index (κ2) is 13.0. The molecule has 3 amide bonds. The molecule has 0 aliphatic heterocycles. The van der Waals surface area contributed by atoms with Gasteiger partial charge in [-0.2, -0.15) is 25.3 Å². The lowest BCUT2D eigenvalue weighted by atomic mass is 10.1. The lowest BCUT2D eigenvalue weighted by Gasteiger charge is -2.23. The van der Waals surface area contributed by atoms with Gasteiger partial charge in [0.15, 0.2) is 0 Å². The minimum atomic E-state index is -1.37. The van der Waals surface area contributed by atoms with Gasteiger partial charge in [0, 0.05) is 17.9 Å². The lowest BCUT2D eigenvalue weighted by molar-refractivity contribution is -0.142. The Morgan fingerprint density at radius 1 is 0.871 bits per heavy atom. The molecule has 13 heteroatoms. The van der Waals surface area contributed by atoms with Gasteiger partial charge in [0.05, 0.1) is 12.6 Å². The fraction of sp³-hybridized carbons (Fsp3) is 0.444. The molecule has 0 aliphatic carbocycles. The van der Waals surface area contributed by atoms with Gasteiger partial charge in [0.1, 0.15) is 23.9 Å². The van der Waals surface area contributed by atoms with Crippen LogP contribution in [0, 0.1) is 0 Å². The van der Waals surface area contributed by atoms with Gasteiger partial charge in [-0.1, -0.05) is 12.1 Å². The molecule has 0 fully saturated rings. The fourth-order valence-electron chi connectivity index (χ4n) is 2.36. The van der Waals surface area contributed by atoms with Gasteiger partial charge in [-0.3, -0.25) is 14.4 Å². The molecule has 1 rings (SSSR count). The number of carboxylic acids is 1. The Kier molecular flexibility index (Phi) is 11.2. The largest absolute Gasteiger partial charge is 0.508 e. The molecule has 1 aromatic rings. The van der Waals surface area contributed by atoms with E-state index in [1.54, 1.807) is 0 Å². The first-order valence-electron chi connectivity index (χ1n) is 9.12. The molecule has 31 heavy (non-hydrogen) atoms. The standard InChI is InChI=1S/C18H26N4O7S2/c19-11(7-30)15(25)21-13(6-23)16(26)22-14(8-31)17(27)20-12(18(28)29)5-9-1-3-10(24)4-2-9/h1-4,11-14,23-24,30-31H,5-8,19H2,(H,20,27)(H,21,25)(H,22,26)(H,28,29). The van der Waals surface area contributed by atoms with E-state index in [0.29, 0.717) is 5.56 Å². The number of aliphatic hydroxyl groups excluding tert-OH is 1. The summed E-state index contributed by atoms with van der Waals surface area (Å²) >= 11 is 7.87. The van der Waals surface area contributed by atoms with Crippen molar-refractivity contribution in [2.24, 2.45) is 5.73 Å². The van der Waals surface area contributed by atoms with Crippen LogP contribution in [0.3, 0.4) is 0 Å². The topological polar surface area (TPSA) is 191 Å². The van der Waals surface area contributed by atoms with Gasteiger partial charge in [-0.15, -0.1) is 0 Å². The summed E-state index contributed by atoms with van der Waals surface area (Å²) in [6, 6.07) is 0.885. The van der Waals surface area contributed by atoms with Crippen molar-refractivity contribution in [2.75, 3.05) is 18.1 Å². The van der Waals surface area contributed by atoms with Crippen LogP contribution in [-0.4, -0.2) is 81.3 Å². The minimum Gasteiger partial charge on any atom is -0.508 e. The smallest absolute Gasteiger partial charge is 0.326 e. The van der Waals surface area contributed by atoms with Crippen LogP contribution in [0.5, 0.6) is 5.75 Å². The van der Waals surface area contributed by atoms with E-state index >= 15 is 0 Å². The molecule has 8 N–H and O–H groups in total. The first-order chi connectivity index (χ1) is 14.6. The van der Waals surface area contributed by atoms with E-state index in [9.17, 15) is 34.5 Å². The number of aliphatic carboxylic acids is 1. The van der Waals surface area contributed by atoms with E-state index in [-0.39, 0.29) is 23.7 Å². The highest BCUT2D eigenvalue weighted by Gasteiger charge is 2.29. The van der Waals surface area contributed by atoms with Gasteiger partial charge in [-0.05, 0) is 17.7 Å². The van der Waals surface area contributed by atoms with Crippen LogP contribution in [0.1, 0.15) is 5.56 Å². The van der Waals surface area contributed by atoms with Gasteiger partial charge < -0.3 is 37.0 Å². The van der Waals surface area contributed by atoms with Crippen LogP contribution in [0.25, 0.3) is 0 Å². The van der Waals surface area contributed by atoms with Crippen LogP contribution in [0.15, 0.2) is 24.3 Å². The quantitative estimate of drug-likeness (QED) is 0.150. The van der Waals surface area contributed by atoms with Gasteiger partial charge >= 0.3 is 5.97 Å². The first kappa shape index (κ1) is 26.6. The number of nitrogens with one attached hydrogen (secondary N) is 3. The van der Waals surface area contributed by atoms with Crippen LogP contribution in [0.2, 0.25) is 0 Å². The van der Waals surface area contributed by atoms with Gasteiger partial charge in [-0.25, -0.2) is 4.79 Å². The zero-order chi connectivity index (χ0) is 23.6. The molecular weight excluding hydrogens is 448 g/mol. The van der Waals surface area contributed by atoms with E-state index in [2.05, 4.69) is 41.2 Å². The molecule has 0 saturated carbocycles. The monoisotopic (exact) mass is 474 g/mol. The van der Waals surface area contributed by atoms with Crippen molar-refractivity contribution in [3.05, 3.63) is 29.8 Å². The fourth-order valence-corrected chi connectivity index (χ4v) is 2.79. The molecule has 0 aromatic heterocycles. The number of hydrogen-bond donors (Lipinski definition) is 9. The maximum atomic E-state index is 12.5. The number of nitrogens with two attached hydrogens (primary N) is 1. The highest BCUT2D eigenvalue weighted by Crippen LogP contribution is 2.11. The van der Waals surface area contributed by atoms with Crippen molar-refractivity contribution in [1.82, 2.24) is 16.0 Å². The summed E-state index contributed by atoms with van der Waals surface area (Å²) in [5.41, 5.74) is 6.06. The number of benzene rings is 1. The Bertz CT molecular complexity index is 779. The molecule has 0 bridgehead atoms. The van der Waals surface area contributed by atoms with E-state index in [1.807, 2.05) is 0 Å². The third kappa shape index (κ3) is 8.65. The summed E-state index contributed by atoms with van der Waals surface area (Å²) < 4.78 is 0. The minimum absolute atomic E-state index is 0.0124. The second-order valence-electron chi connectivity index (χ2n) is 6.55. The lowest BCUT2D eigenvalue weighted by Crippen LogP contribution is -2.58. The summed E-state index contributed by atoms with van der Waals surface area (Å²) in [5, 5.41) is 34.9. The number of phenolic OH excluding ortho intramolecular Hbond substituents is 1. The number of rotatable bonds is 12. The van der Waals surface area contributed by atoms with Gasteiger partial charge in [0.2, 0.25) is 17.7 Å². The number of amides is 3. The zero-order valence-corrected chi connectivity index (χ0v) is 18.2. The highest BCUT2D eigenvalue weighted by molar-refractivity contribution is 7.80. The second-order valence-corrected chi connectivity index (χ2v) is 7.28. The van der Waals surface area contributed by atoms with Crippen molar-refractivity contribution >= 4 is 48.9 Å². The van der Waals surface area contributed by atoms with Crippen LogP contribution < -0.4 is 21.7 Å². The van der Waals surface area contributed by atoms with Crippen LogP contribution in [0.4, 0.5) is 0 Å². The average Bonchev–Trinajstić information content (AvgIpc) is 2.75. The number of aliphatic hydroxyl groups is 1. The summed E-state index contributed by atoms with van der Waals surface area (Å²) in [6.45, 7) is -0.754. The number of phenols is 1. The summed E-state index contributed by atoms with van der Waals surface area (Å²) in [7, 11) is 0. The first-order valence-corrected chi connectivity index (χ1v) is 10.4.